The van der Waals surface area contributed by atoms with Gasteiger partial charge in [0.15, 0.2) is 34.7 Å². The second-order valence-electron chi connectivity index (χ2n) is 13.2. The second kappa shape index (κ2) is 12.4. The van der Waals surface area contributed by atoms with Crippen LogP contribution in [-0.2, 0) is 28.7 Å². The van der Waals surface area contributed by atoms with Crippen molar-refractivity contribution >= 4 is 63.2 Å². The van der Waals surface area contributed by atoms with E-state index in [4.69, 9.17) is 10.5 Å². The van der Waals surface area contributed by atoms with Gasteiger partial charge in [-0.3, -0.25) is 33.7 Å². The van der Waals surface area contributed by atoms with Crippen LogP contribution in [0.3, 0.4) is 0 Å². The maximum atomic E-state index is 14.4. The molecule has 0 aliphatic heterocycles. The number of likely N-dealkylation sites (N-methyl/N-ethyl adjacent to an activating group) is 1. The number of hydrogen-bond acceptors (Lipinski definition) is 11. The van der Waals surface area contributed by atoms with E-state index in [0.717, 1.165) is 10.8 Å². The summed E-state index contributed by atoms with van der Waals surface area (Å²) in [5.41, 5.74) is 2.50. The van der Waals surface area contributed by atoms with Crippen molar-refractivity contribution in [1.82, 2.24) is 4.90 Å². The van der Waals surface area contributed by atoms with Gasteiger partial charge in [-0.2, -0.15) is 0 Å². The molecule has 0 bridgehead atoms. The van der Waals surface area contributed by atoms with Gasteiger partial charge in [0.2, 0.25) is 5.91 Å². The third kappa shape index (κ3) is 5.05. The number of rotatable bonds is 6. The second-order valence-corrected chi connectivity index (χ2v) is 13.2. The van der Waals surface area contributed by atoms with E-state index in [-0.39, 0.29) is 23.2 Å². The Morgan fingerprint density at radius 3 is 2.26 bits per heavy atom. The number of primary amides is 1. The smallest absolute Gasteiger partial charge is 0.323 e. The summed E-state index contributed by atoms with van der Waals surface area (Å²) in [5, 5.41) is 30.5. The fraction of sp³-hybridized carbons (Fsp3) is 0.361. The molecule has 2 fully saturated rings. The van der Waals surface area contributed by atoms with E-state index >= 15 is 0 Å². The van der Waals surface area contributed by atoms with Gasteiger partial charge in [0.1, 0.15) is 11.9 Å². The Morgan fingerprint density at radius 2 is 1.60 bits per heavy atom. The van der Waals surface area contributed by atoms with Crippen molar-refractivity contribution in [2.45, 2.75) is 43.9 Å². The number of carbonyl (C=O) groups is 7. The van der Waals surface area contributed by atoms with Crippen LogP contribution in [0.25, 0.3) is 10.8 Å². The van der Waals surface area contributed by atoms with Crippen molar-refractivity contribution in [1.29, 1.82) is 0 Å². The highest BCUT2D eigenvalue weighted by Crippen LogP contribution is 2.56. The minimum atomic E-state index is -3.14. The molecule has 3 aliphatic rings. The van der Waals surface area contributed by atoms with Gasteiger partial charge >= 0.3 is 12.0 Å². The highest BCUT2D eigenvalue weighted by atomic mass is 16.5. The third-order valence-electron chi connectivity index (χ3n) is 10.3. The number of Topliss-reactive ketones (excluding diaryl/α,β-unsaturated/α-hetero) is 4. The molecule has 8 atom stereocenters. The van der Waals surface area contributed by atoms with Crippen LogP contribution in [0.5, 0.6) is 5.75 Å². The molecule has 3 amide bonds. The Morgan fingerprint density at radius 1 is 0.940 bits per heavy atom. The van der Waals surface area contributed by atoms with Crippen LogP contribution >= 0.6 is 0 Å². The van der Waals surface area contributed by atoms with Crippen molar-refractivity contribution in [2.75, 3.05) is 24.7 Å². The first-order chi connectivity index (χ1) is 23.6. The zero-order chi connectivity index (χ0) is 36.4. The molecule has 0 radical (unpaired) electrons. The Bertz CT molecular complexity index is 2000. The maximum Gasteiger partial charge on any atom is 0.323 e. The van der Waals surface area contributed by atoms with Gasteiger partial charge in [-0.15, -0.1) is 0 Å². The van der Waals surface area contributed by atoms with Crippen LogP contribution in [0.4, 0.5) is 16.2 Å². The Labute approximate surface area is 285 Å². The number of nitrogens with one attached hydrogen (secondary N) is 2. The molecule has 50 heavy (non-hydrogen) atoms. The molecule has 0 aromatic heterocycles. The van der Waals surface area contributed by atoms with Crippen LogP contribution in [0.15, 0.2) is 54.6 Å². The van der Waals surface area contributed by atoms with Crippen LogP contribution < -0.4 is 16.4 Å². The normalized spacial score (nSPS) is 28.8. The lowest BCUT2D eigenvalue weighted by Gasteiger charge is -2.56. The summed E-state index contributed by atoms with van der Waals surface area (Å²) in [5.74, 6) is -15.4. The fourth-order valence-corrected chi connectivity index (χ4v) is 8.05. The largest absolute Gasteiger partial charge is 0.505 e. The number of carbonyl (C=O) groups excluding carboxylic acids is 7. The lowest BCUT2D eigenvalue weighted by Crippen LogP contribution is -2.78. The Kier molecular flexibility index (Phi) is 8.56. The topological polar surface area (TPSA) is 222 Å². The van der Waals surface area contributed by atoms with Crippen LogP contribution in [0.1, 0.15) is 42.1 Å². The number of ketones is 4. The molecule has 3 aromatic rings. The molecule has 2 saturated carbocycles. The van der Waals surface area contributed by atoms with Crippen molar-refractivity contribution in [3.63, 3.8) is 0 Å². The standard InChI is InChI=1S/C36H36N4O10/c1-5-21(41)50-31-22-15(2)17-13-14-20(39-35(48)38-19-12-8-10-16-9-6-7-11-18(16)19)28(42)23(17)29(43)24(22)32(45)36(49)26(31)27(40(3)4)30(44)25(33(36)46)34(37)47/h6-15,22,24-27,31,42,49H,5H2,1-4H3,(H2,37,47)(H2,38,39,48)/t15-,22+,24?,25?,26+,27-,31-,36-/m1/s1. The molecule has 14 heteroatoms. The van der Waals surface area contributed by atoms with Crippen molar-refractivity contribution in [3.05, 3.63) is 65.7 Å². The summed E-state index contributed by atoms with van der Waals surface area (Å²) in [4.78, 5) is 95.9. The molecule has 260 valence electrons. The number of anilines is 2. The van der Waals surface area contributed by atoms with E-state index in [1.165, 1.54) is 38.1 Å². The number of aromatic hydroxyl groups is 1. The highest BCUT2D eigenvalue weighted by molar-refractivity contribution is 6.32. The predicted molar refractivity (Wildman–Crippen MR) is 178 cm³/mol. The number of aliphatic hydroxyl groups is 1. The molecular weight excluding hydrogens is 648 g/mol. The third-order valence-corrected chi connectivity index (χ3v) is 10.3. The monoisotopic (exact) mass is 684 g/mol. The number of benzene rings is 3. The molecule has 3 aromatic carbocycles. The van der Waals surface area contributed by atoms with E-state index in [1.54, 1.807) is 19.1 Å². The number of nitrogens with two attached hydrogens (primary N) is 1. The van der Waals surface area contributed by atoms with E-state index in [9.17, 15) is 43.8 Å². The van der Waals surface area contributed by atoms with Gasteiger partial charge in [0, 0.05) is 17.7 Å². The van der Waals surface area contributed by atoms with Crippen molar-refractivity contribution in [3.8, 4) is 5.75 Å². The van der Waals surface area contributed by atoms with Gasteiger partial charge in [-0.25, -0.2) is 4.79 Å². The zero-order valence-corrected chi connectivity index (χ0v) is 27.6. The van der Waals surface area contributed by atoms with Gasteiger partial charge in [-0.05, 0) is 43.1 Å². The average molecular weight is 685 g/mol. The Hall–Kier alpha value is -5.47. The fourth-order valence-electron chi connectivity index (χ4n) is 8.05. The number of esters is 1. The van der Waals surface area contributed by atoms with E-state index in [0.29, 0.717) is 5.69 Å². The predicted octanol–water partition coefficient (Wildman–Crippen LogP) is 2.16. The summed E-state index contributed by atoms with van der Waals surface area (Å²) in [7, 11) is 2.86. The van der Waals surface area contributed by atoms with Gasteiger partial charge < -0.3 is 31.3 Å². The zero-order valence-electron chi connectivity index (χ0n) is 27.6. The maximum absolute atomic E-state index is 14.4. The number of ether oxygens (including phenoxy) is 1. The molecule has 2 unspecified atom stereocenters. The number of urea groups is 1. The number of nitrogens with zero attached hydrogens (tertiary/aromatic N) is 1. The summed E-state index contributed by atoms with van der Waals surface area (Å²) in [6.07, 6.45) is -1.69. The summed E-state index contributed by atoms with van der Waals surface area (Å²) >= 11 is 0. The molecule has 0 saturated heterocycles. The van der Waals surface area contributed by atoms with Gasteiger partial charge in [0.05, 0.1) is 34.8 Å². The molecule has 6 N–H and O–H groups in total. The van der Waals surface area contributed by atoms with Gasteiger partial charge in [0.25, 0.3) is 0 Å². The number of fused-ring (bicyclic) bond motifs is 4. The highest BCUT2D eigenvalue weighted by Gasteiger charge is 2.74. The summed E-state index contributed by atoms with van der Waals surface area (Å²) in [6.45, 7) is 3.12. The SMILES string of the molecule is CCC(=O)O[C@@H]1[C@@H]2C(C(=O)c3c(ccc(NC(=O)Nc4cccc5ccccc45)c3O)[C@H]2C)C(=O)[C@@]2(O)C(=O)C(C(N)=O)C(=O)[C@H](N(C)C)[C@@H]12. The first-order valence-corrected chi connectivity index (χ1v) is 16.1. The van der Waals surface area contributed by atoms with Crippen LogP contribution in [0, 0.1) is 23.7 Å². The minimum Gasteiger partial charge on any atom is -0.505 e. The van der Waals surface area contributed by atoms with Crippen molar-refractivity contribution in [2.24, 2.45) is 29.4 Å². The number of amides is 3. The summed E-state index contributed by atoms with van der Waals surface area (Å²) < 4.78 is 5.81. The van der Waals surface area contributed by atoms with Crippen LogP contribution in [-0.4, -0.2) is 88.0 Å². The first-order valence-electron chi connectivity index (χ1n) is 16.1. The lowest BCUT2D eigenvalue weighted by molar-refractivity contribution is -0.205. The molecule has 14 nitrogen and oxygen atoms in total. The average Bonchev–Trinajstić information content (AvgIpc) is 3.06. The molecular formula is C36H36N4O10. The molecule has 0 spiro atoms. The number of phenolic OH excluding ortho intramolecular Hbond substituents is 1. The number of phenols is 1. The minimum absolute atomic E-state index is 0.152. The summed E-state index contributed by atoms with van der Waals surface area (Å²) in [6, 6.07) is 13.3. The number of hydrogen-bond donors (Lipinski definition) is 5. The lowest BCUT2D eigenvalue weighted by atomic mass is 9.49. The molecule has 3 aliphatic carbocycles. The van der Waals surface area contributed by atoms with E-state index < -0.39 is 94.1 Å². The van der Waals surface area contributed by atoms with Crippen molar-refractivity contribution < 1.29 is 48.5 Å². The molecule has 6 rings (SSSR count). The van der Waals surface area contributed by atoms with E-state index in [2.05, 4.69) is 10.6 Å². The first kappa shape index (κ1) is 34.4. The Balaban J connectivity index is 1.43. The van der Waals surface area contributed by atoms with Crippen LogP contribution in [0.2, 0.25) is 0 Å². The quantitative estimate of drug-likeness (QED) is 0.144. The molecule has 0 heterocycles. The van der Waals surface area contributed by atoms with E-state index in [1.807, 2.05) is 30.3 Å². The van der Waals surface area contributed by atoms with Gasteiger partial charge in [-0.1, -0.05) is 56.3 Å².